The van der Waals surface area contributed by atoms with E-state index < -0.39 is 21.8 Å². The highest BCUT2D eigenvalue weighted by Gasteiger charge is 2.39. The van der Waals surface area contributed by atoms with Crippen LogP contribution in [0.4, 0.5) is 24.5 Å². The normalized spacial score (nSPS) is 21.5. The van der Waals surface area contributed by atoms with Crippen LogP contribution in [0.3, 0.4) is 0 Å². The Labute approximate surface area is 200 Å². The molecule has 0 saturated heterocycles. The van der Waals surface area contributed by atoms with Gasteiger partial charge in [0.05, 0.1) is 16.5 Å². The molecule has 5 rings (SSSR count). The van der Waals surface area contributed by atoms with Crippen molar-refractivity contribution in [2.75, 3.05) is 10.0 Å². The SMILES string of the molecule is O=S(=O)(Nc1cccc(C(F)(F)F)c1)c1ccc2c(c1)[C@@H]1C=CC[C@H]1[C@@H](c1ccccc1Cl)N2. The molecule has 2 N–H and O–H groups in total. The molecule has 0 bridgehead atoms. The summed E-state index contributed by atoms with van der Waals surface area (Å²) in [6.45, 7) is 0. The van der Waals surface area contributed by atoms with Gasteiger partial charge in [-0.15, -0.1) is 0 Å². The second-order valence-electron chi connectivity index (χ2n) is 8.43. The van der Waals surface area contributed by atoms with Gasteiger partial charge in [-0.25, -0.2) is 8.42 Å². The van der Waals surface area contributed by atoms with Crippen LogP contribution in [0.25, 0.3) is 0 Å². The van der Waals surface area contributed by atoms with Crippen molar-refractivity contribution in [1.82, 2.24) is 0 Å². The first-order valence-electron chi connectivity index (χ1n) is 10.7. The summed E-state index contributed by atoms with van der Waals surface area (Å²) < 4.78 is 67.4. The monoisotopic (exact) mass is 504 g/mol. The summed E-state index contributed by atoms with van der Waals surface area (Å²) in [5.41, 5.74) is 1.54. The lowest BCUT2D eigenvalue weighted by atomic mass is 9.77. The Kier molecular flexibility index (Phi) is 5.61. The molecule has 1 heterocycles. The van der Waals surface area contributed by atoms with Gasteiger partial charge in [-0.1, -0.05) is 48.0 Å². The number of sulfonamides is 1. The first-order valence-corrected chi connectivity index (χ1v) is 12.5. The summed E-state index contributed by atoms with van der Waals surface area (Å²) in [6, 6.07) is 16.5. The second kappa shape index (κ2) is 8.36. The van der Waals surface area contributed by atoms with Gasteiger partial charge in [-0.3, -0.25) is 4.72 Å². The molecule has 34 heavy (non-hydrogen) atoms. The van der Waals surface area contributed by atoms with Crippen LogP contribution in [-0.4, -0.2) is 8.42 Å². The first-order chi connectivity index (χ1) is 16.1. The number of hydrogen-bond acceptors (Lipinski definition) is 3. The number of hydrogen-bond donors (Lipinski definition) is 2. The van der Waals surface area contributed by atoms with Crippen LogP contribution < -0.4 is 10.0 Å². The van der Waals surface area contributed by atoms with Gasteiger partial charge in [0.1, 0.15) is 0 Å². The molecular formula is C25H20ClF3N2O2S. The molecular weight excluding hydrogens is 485 g/mol. The number of fused-ring (bicyclic) bond motifs is 3. The zero-order chi connectivity index (χ0) is 24.1. The fraction of sp³-hybridized carbons (Fsp3) is 0.200. The van der Waals surface area contributed by atoms with Crippen LogP contribution in [0.2, 0.25) is 5.02 Å². The lowest BCUT2D eigenvalue weighted by molar-refractivity contribution is -0.137. The average molecular weight is 505 g/mol. The van der Waals surface area contributed by atoms with Crippen molar-refractivity contribution in [1.29, 1.82) is 0 Å². The molecule has 9 heteroatoms. The predicted octanol–water partition coefficient (Wildman–Crippen LogP) is 6.99. The smallest absolute Gasteiger partial charge is 0.378 e. The topological polar surface area (TPSA) is 58.2 Å². The summed E-state index contributed by atoms with van der Waals surface area (Å²) in [4.78, 5) is -0.0132. The van der Waals surface area contributed by atoms with Gasteiger partial charge in [0, 0.05) is 22.3 Å². The van der Waals surface area contributed by atoms with E-state index >= 15 is 0 Å². The molecule has 0 saturated carbocycles. The Morgan fingerprint density at radius 2 is 1.76 bits per heavy atom. The van der Waals surface area contributed by atoms with Crippen LogP contribution in [0, 0.1) is 5.92 Å². The zero-order valence-corrected chi connectivity index (χ0v) is 19.3. The quantitative estimate of drug-likeness (QED) is 0.377. The number of rotatable bonds is 4. The van der Waals surface area contributed by atoms with Gasteiger partial charge in [0.25, 0.3) is 10.0 Å². The van der Waals surface area contributed by atoms with E-state index in [1.807, 2.05) is 24.3 Å². The van der Waals surface area contributed by atoms with Crippen LogP contribution in [0.15, 0.2) is 83.8 Å². The third-order valence-corrected chi connectivity index (χ3v) is 8.05. The fourth-order valence-corrected chi connectivity index (χ4v) is 6.09. The van der Waals surface area contributed by atoms with Crippen molar-refractivity contribution in [3.05, 3.63) is 101 Å². The summed E-state index contributed by atoms with van der Waals surface area (Å²) in [5, 5.41) is 4.18. The van der Waals surface area contributed by atoms with E-state index in [0.717, 1.165) is 35.4 Å². The highest BCUT2D eigenvalue weighted by Crippen LogP contribution is 2.51. The van der Waals surface area contributed by atoms with E-state index in [-0.39, 0.29) is 28.5 Å². The van der Waals surface area contributed by atoms with E-state index in [0.29, 0.717) is 5.02 Å². The minimum atomic E-state index is -4.57. The minimum Gasteiger partial charge on any atom is -0.378 e. The molecule has 3 aromatic carbocycles. The molecule has 3 atom stereocenters. The molecule has 1 aliphatic heterocycles. The number of alkyl halides is 3. The average Bonchev–Trinajstić information content (AvgIpc) is 3.28. The third-order valence-electron chi connectivity index (χ3n) is 6.33. The molecule has 0 aromatic heterocycles. The summed E-state index contributed by atoms with van der Waals surface area (Å²) in [5.74, 6) is 0.142. The van der Waals surface area contributed by atoms with Gasteiger partial charge in [0.2, 0.25) is 0 Å². The Hall–Kier alpha value is -2.97. The van der Waals surface area contributed by atoms with Crippen molar-refractivity contribution >= 4 is 33.0 Å². The highest BCUT2D eigenvalue weighted by atomic mass is 35.5. The van der Waals surface area contributed by atoms with E-state index in [4.69, 9.17) is 11.6 Å². The number of allylic oxidation sites excluding steroid dienone is 2. The third kappa shape index (κ3) is 4.16. The van der Waals surface area contributed by atoms with Crippen LogP contribution >= 0.6 is 11.6 Å². The van der Waals surface area contributed by atoms with Crippen LogP contribution in [0.1, 0.15) is 35.1 Å². The summed E-state index contributed by atoms with van der Waals surface area (Å²) in [6.07, 6.45) is 0.399. The number of nitrogens with one attached hydrogen (secondary N) is 2. The molecule has 0 radical (unpaired) electrons. The van der Waals surface area contributed by atoms with E-state index in [9.17, 15) is 21.6 Å². The number of benzene rings is 3. The maximum atomic E-state index is 13.0. The first kappa shape index (κ1) is 22.8. The van der Waals surface area contributed by atoms with Gasteiger partial charge in [0.15, 0.2) is 0 Å². The van der Waals surface area contributed by atoms with E-state index in [2.05, 4.69) is 22.2 Å². The number of halogens is 4. The van der Waals surface area contributed by atoms with Crippen molar-refractivity contribution < 1.29 is 21.6 Å². The Bertz CT molecular complexity index is 1390. The van der Waals surface area contributed by atoms with Crippen molar-refractivity contribution in [2.45, 2.75) is 29.5 Å². The molecule has 0 fully saturated rings. The highest BCUT2D eigenvalue weighted by molar-refractivity contribution is 7.92. The van der Waals surface area contributed by atoms with Crippen LogP contribution in [-0.2, 0) is 16.2 Å². The van der Waals surface area contributed by atoms with Gasteiger partial charge in [-0.2, -0.15) is 13.2 Å². The number of anilines is 2. The molecule has 0 unspecified atom stereocenters. The summed E-state index contributed by atoms with van der Waals surface area (Å²) in [7, 11) is -4.10. The lowest BCUT2D eigenvalue weighted by Gasteiger charge is -2.38. The standard InChI is InChI=1S/C25H20ClF3N2O2S/c26-22-10-2-1-7-20(22)24-19-9-4-8-18(19)21-14-17(11-12-23(21)30-24)34(32,33)31-16-6-3-5-15(13-16)25(27,28)29/h1-8,10-14,18-19,24,30-31H,9H2/t18-,19-,24+/m1/s1. The van der Waals surface area contributed by atoms with E-state index in [1.165, 1.54) is 18.2 Å². The molecule has 1 aliphatic carbocycles. The Balaban J connectivity index is 1.47. The van der Waals surface area contributed by atoms with Crippen molar-refractivity contribution in [3.63, 3.8) is 0 Å². The molecule has 0 spiro atoms. The second-order valence-corrected chi connectivity index (χ2v) is 10.5. The Morgan fingerprint density at radius 1 is 0.971 bits per heavy atom. The zero-order valence-electron chi connectivity index (χ0n) is 17.7. The minimum absolute atomic E-state index is 0.0127. The summed E-state index contributed by atoms with van der Waals surface area (Å²) >= 11 is 6.46. The van der Waals surface area contributed by atoms with Crippen molar-refractivity contribution in [3.8, 4) is 0 Å². The predicted molar refractivity (Wildman–Crippen MR) is 126 cm³/mol. The molecule has 176 valence electrons. The van der Waals surface area contributed by atoms with Crippen LogP contribution in [0.5, 0.6) is 0 Å². The van der Waals surface area contributed by atoms with Gasteiger partial charge in [-0.05, 0) is 65.9 Å². The van der Waals surface area contributed by atoms with Gasteiger partial charge >= 0.3 is 6.18 Å². The molecule has 4 nitrogen and oxygen atoms in total. The van der Waals surface area contributed by atoms with Gasteiger partial charge < -0.3 is 5.32 Å². The fourth-order valence-electron chi connectivity index (χ4n) is 4.75. The van der Waals surface area contributed by atoms with Crippen molar-refractivity contribution in [2.24, 2.45) is 5.92 Å². The Morgan fingerprint density at radius 3 is 2.53 bits per heavy atom. The molecule has 2 aliphatic rings. The lowest BCUT2D eigenvalue weighted by Crippen LogP contribution is -2.29. The molecule has 3 aromatic rings. The van der Waals surface area contributed by atoms with E-state index in [1.54, 1.807) is 12.1 Å². The largest absolute Gasteiger partial charge is 0.416 e. The molecule has 0 amide bonds. The maximum Gasteiger partial charge on any atom is 0.416 e. The maximum absolute atomic E-state index is 13.0.